The maximum Gasteiger partial charge on any atom is 0.240 e. The Labute approximate surface area is 90.6 Å². The van der Waals surface area contributed by atoms with E-state index in [2.05, 4.69) is 5.32 Å². The second-order valence-electron chi connectivity index (χ2n) is 4.40. The zero-order chi connectivity index (χ0) is 12.2. The van der Waals surface area contributed by atoms with E-state index >= 15 is 0 Å². The predicted octanol–water partition coefficient (Wildman–Crippen LogP) is -0.404. The summed E-state index contributed by atoms with van der Waals surface area (Å²) in [6.07, 6.45) is 0. The van der Waals surface area contributed by atoms with Gasteiger partial charge < -0.3 is 16.8 Å². The second-order valence-corrected chi connectivity index (χ2v) is 4.40. The van der Waals surface area contributed by atoms with Crippen LogP contribution >= 0.6 is 0 Å². The van der Waals surface area contributed by atoms with E-state index in [0.717, 1.165) is 0 Å². The van der Waals surface area contributed by atoms with Crippen LogP contribution in [0.1, 0.15) is 27.7 Å². The average Bonchev–Trinajstić information content (AvgIpc) is 2.11. The van der Waals surface area contributed by atoms with E-state index in [0.29, 0.717) is 0 Å². The smallest absolute Gasteiger partial charge is 0.240 e. The van der Waals surface area contributed by atoms with Gasteiger partial charge in [0.2, 0.25) is 11.8 Å². The Morgan fingerprint density at radius 3 is 1.80 bits per heavy atom. The first-order chi connectivity index (χ1) is 6.77. The van der Waals surface area contributed by atoms with Gasteiger partial charge >= 0.3 is 0 Å². The van der Waals surface area contributed by atoms with E-state index in [-0.39, 0.29) is 17.7 Å². The third-order valence-corrected chi connectivity index (χ3v) is 2.29. The molecular weight excluding hydrogens is 194 g/mol. The first-order valence-corrected chi connectivity index (χ1v) is 5.12. The third-order valence-electron chi connectivity index (χ3n) is 2.29. The minimum absolute atomic E-state index is 0.0330. The third kappa shape index (κ3) is 4.29. The lowest BCUT2D eigenvalue weighted by molar-refractivity contribution is -0.129. The zero-order valence-electron chi connectivity index (χ0n) is 9.78. The van der Waals surface area contributed by atoms with Crippen LogP contribution in [0, 0.1) is 11.8 Å². The summed E-state index contributed by atoms with van der Waals surface area (Å²) in [6.45, 7) is 7.32. The van der Waals surface area contributed by atoms with Gasteiger partial charge in [0.05, 0.1) is 6.04 Å². The van der Waals surface area contributed by atoms with Crippen LogP contribution in [0.4, 0.5) is 0 Å². The van der Waals surface area contributed by atoms with E-state index in [1.54, 1.807) is 0 Å². The van der Waals surface area contributed by atoms with Gasteiger partial charge in [0.15, 0.2) is 0 Å². The van der Waals surface area contributed by atoms with Crippen molar-refractivity contribution in [3.63, 3.8) is 0 Å². The molecule has 0 spiro atoms. The number of carbonyl (C=O) groups excluding carboxylic acids is 2. The first kappa shape index (κ1) is 13.9. The predicted molar refractivity (Wildman–Crippen MR) is 58.8 cm³/mol. The lowest BCUT2D eigenvalue weighted by Gasteiger charge is -2.22. The van der Waals surface area contributed by atoms with Crippen molar-refractivity contribution in [1.82, 2.24) is 5.32 Å². The highest BCUT2D eigenvalue weighted by Gasteiger charge is 2.25. The monoisotopic (exact) mass is 215 g/mol. The second kappa shape index (κ2) is 5.70. The van der Waals surface area contributed by atoms with Gasteiger partial charge in [0, 0.05) is 0 Å². The van der Waals surface area contributed by atoms with Crippen molar-refractivity contribution in [1.29, 1.82) is 0 Å². The van der Waals surface area contributed by atoms with E-state index in [1.165, 1.54) is 0 Å². The fourth-order valence-electron chi connectivity index (χ4n) is 1.12. The molecule has 5 heteroatoms. The first-order valence-electron chi connectivity index (χ1n) is 5.12. The number of primary amides is 1. The topological polar surface area (TPSA) is 98.2 Å². The Balaban J connectivity index is 4.43. The van der Waals surface area contributed by atoms with Crippen LogP contribution in [-0.2, 0) is 9.59 Å². The summed E-state index contributed by atoms with van der Waals surface area (Å²) in [5.41, 5.74) is 10.8. The highest BCUT2D eigenvalue weighted by Crippen LogP contribution is 2.03. The summed E-state index contributed by atoms with van der Waals surface area (Å²) < 4.78 is 0. The van der Waals surface area contributed by atoms with Gasteiger partial charge in [-0.05, 0) is 11.8 Å². The SMILES string of the molecule is CC(C)C(N)C(=O)NC(C(N)=O)C(C)C. The van der Waals surface area contributed by atoms with Gasteiger partial charge in [0.1, 0.15) is 6.04 Å². The molecule has 0 bridgehead atoms. The Bertz CT molecular complexity index is 239. The molecule has 0 fully saturated rings. The molecule has 0 aliphatic heterocycles. The number of carbonyl (C=O) groups is 2. The van der Waals surface area contributed by atoms with Gasteiger partial charge in [-0.25, -0.2) is 0 Å². The summed E-state index contributed by atoms with van der Waals surface area (Å²) in [6, 6.07) is -1.26. The van der Waals surface area contributed by atoms with Crippen LogP contribution in [0.15, 0.2) is 0 Å². The molecular formula is C10H21N3O2. The van der Waals surface area contributed by atoms with Crippen molar-refractivity contribution in [2.24, 2.45) is 23.3 Å². The highest BCUT2D eigenvalue weighted by molar-refractivity contribution is 5.89. The number of rotatable bonds is 5. The molecule has 5 N–H and O–H groups in total. The van der Waals surface area contributed by atoms with Crippen molar-refractivity contribution in [3.05, 3.63) is 0 Å². The van der Waals surface area contributed by atoms with Crippen LogP contribution in [0.5, 0.6) is 0 Å². The molecule has 0 radical (unpaired) electrons. The van der Waals surface area contributed by atoms with Gasteiger partial charge in [-0.1, -0.05) is 27.7 Å². The minimum Gasteiger partial charge on any atom is -0.368 e. The molecule has 0 aliphatic rings. The van der Waals surface area contributed by atoms with E-state index in [1.807, 2.05) is 27.7 Å². The largest absolute Gasteiger partial charge is 0.368 e. The quantitative estimate of drug-likeness (QED) is 0.581. The lowest BCUT2D eigenvalue weighted by atomic mass is 10.0. The van der Waals surface area contributed by atoms with Crippen molar-refractivity contribution in [3.8, 4) is 0 Å². The zero-order valence-corrected chi connectivity index (χ0v) is 9.78. The van der Waals surface area contributed by atoms with Crippen LogP contribution in [0.2, 0.25) is 0 Å². The van der Waals surface area contributed by atoms with Crippen LogP contribution in [0.25, 0.3) is 0 Å². The fourth-order valence-corrected chi connectivity index (χ4v) is 1.12. The van der Waals surface area contributed by atoms with Crippen molar-refractivity contribution in [2.45, 2.75) is 39.8 Å². The number of hydrogen-bond donors (Lipinski definition) is 3. The maximum absolute atomic E-state index is 11.6. The average molecular weight is 215 g/mol. The van der Waals surface area contributed by atoms with Crippen molar-refractivity contribution < 1.29 is 9.59 Å². The number of hydrogen-bond acceptors (Lipinski definition) is 3. The molecule has 2 unspecified atom stereocenters. The Hall–Kier alpha value is -1.10. The maximum atomic E-state index is 11.6. The fraction of sp³-hybridized carbons (Fsp3) is 0.800. The van der Waals surface area contributed by atoms with Gasteiger partial charge in [0.25, 0.3) is 0 Å². The molecule has 0 aliphatic carbocycles. The number of amides is 2. The molecule has 0 aromatic rings. The molecule has 88 valence electrons. The highest BCUT2D eigenvalue weighted by atomic mass is 16.2. The summed E-state index contributed by atoms with van der Waals surface area (Å²) in [5.74, 6) is -0.867. The molecule has 0 rings (SSSR count). The van der Waals surface area contributed by atoms with Crippen molar-refractivity contribution >= 4 is 11.8 Å². The van der Waals surface area contributed by atoms with E-state index in [4.69, 9.17) is 11.5 Å². The van der Waals surface area contributed by atoms with E-state index < -0.39 is 18.0 Å². The molecule has 0 aromatic heterocycles. The molecule has 15 heavy (non-hydrogen) atoms. The molecule has 0 saturated carbocycles. The lowest BCUT2D eigenvalue weighted by Crippen LogP contribution is -2.53. The van der Waals surface area contributed by atoms with Gasteiger partial charge in [-0.2, -0.15) is 0 Å². The van der Waals surface area contributed by atoms with E-state index in [9.17, 15) is 9.59 Å². The summed E-state index contributed by atoms with van der Waals surface area (Å²) in [4.78, 5) is 22.6. The Morgan fingerprint density at radius 2 is 1.53 bits per heavy atom. The van der Waals surface area contributed by atoms with Gasteiger partial charge in [-0.3, -0.25) is 9.59 Å². The molecule has 0 aromatic carbocycles. The van der Waals surface area contributed by atoms with Crippen LogP contribution < -0.4 is 16.8 Å². The Kier molecular flexibility index (Phi) is 5.28. The summed E-state index contributed by atoms with van der Waals surface area (Å²) in [7, 11) is 0. The Morgan fingerprint density at radius 1 is 1.07 bits per heavy atom. The van der Waals surface area contributed by atoms with Crippen molar-refractivity contribution in [2.75, 3.05) is 0 Å². The molecule has 2 atom stereocenters. The molecule has 0 saturated heterocycles. The van der Waals surface area contributed by atoms with Crippen LogP contribution in [-0.4, -0.2) is 23.9 Å². The minimum atomic E-state index is -0.651. The molecule has 2 amide bonds. The number of nitrogens with one attached hydrogen (secondary N) is 1. The summed E-state index contributed by atoms with van der Waals surface area (Å²) in [5, 5.41) is 2.56. The number of nitrogens with two attached hydrogens (primary N) is 2. The molecule has 0 heterocycles. The van der Waals surface area contributed by atoms with Gasteiger partial charge in [-0.15, -0.1) is 0 Å². The van der Waals surface area contributed by atoms with Crippen LogP contribution in [0.3, 0.4) is 0 Å². The normalized spacial score (nSPS) is 15.1. The standard InChI is InChI=1S/C10H21N3O2/c1-5(2)7(11)10(15)13-8(6(3)4)9(12)14/h5-8H,11H2,1-4H3,(H2,12,14)(H,13,15). The molecule has 5 nitrogen and oxygen atoms in total. The summed E-state index contributed by atoms with van der Waals surface area (Å²) >= 11 is 0.